The number of rotatable bonds is 7. The summed E-state index contributed by atoms with van der Waals surface area (Å²) in [4.78, 5) is 0. The largest absolute Gasteiger partial charge is 0.371 e. The summed E-state index contributed by atoms with van der Waals surface area (Å²) in [6.45, 7) is 3.07. The van der Waals surface area contributed by atoms with Crippen LogP contribution in [0.4, 0.5) is 5.69 Å². The molecule has 0 radical (unpaired) electrons. The summed E-state index contributed by atoms with van der Waals surface area (Å²) in [6, 6.07) is 17.0. The SMILES string of the molecule is CCc1cccc(CS(=O)(=O)N(CC2CO2)c2ccccc2)c1. The fourth-order valence-electron chi connectivity index (χ4n) is 2.56. The highest BCUT2D eigenvalue weighted by Gasteiger charge is 2.32. The number of nitrogens with zero attached hydrogens (tertiary/aromatic N) is 1. The highest BCUT2D eigenvalue weighted by Crippen LogP contribution is 2.24. The van der Waals surface area contributed by atoms with Gasteiger partial charge in [0.1, 0.15) is 0 Å². The van der Waals surface area contributed by atoms with Crippen LogP contribution in [0.3, 0.4) is 0 Å². The molecule has 23 heavy (non-hydrogen) atoms. The van der Waals surface area contributed by atoms with Crippen LogP contribution in [0, 0.1) is 0 Å². The van der Waals surface area contributed by atoms with Gasteiger partial charge < -0.3 is 4.74 Å². The number of para-hydroxylation sites is 1. The molecule has 0 aromatic heterocycles. The number of ether oxygens (including phenoxy) is 1. The smallest absolute Gasteiger partial charge is 0.239 e. The van der Waals surface area contributed by atoms with Crippen molar-refractivity contribution in [1.29, 1.82) is 0 Å². The first kappa shape index (κ1) is 16.0. The van der Waals surface area contributed by atoms with Gasteiger partial charge in [-0.1, -0.05) is 49.4 Å². The second-order valence-corrected chi connectivity index (χ2v) is 7.64. The minimum atomic E-state index is -3.46. The molecule has 1 fully saturated rings. The van der Waals surface area contributed by atoms with Crippen LogP contribution in [0.1, 0.15) is 18.1 Å². The highest BCUT2D eigenvalue weighted by molar-refractivity contribution is 7.92. The summed E-state index contributed by atoms with van der Waals surface area (Å²) in [5.41, 5.74) is 2.66. The van der Waals surface area contributed by atoms with E-state index in [1.807, 2.05) is 54.6 Å². The molecule has 0 saturated carbocycles. The minimum Gasteiger partial charge on any atom is -0.371 e. The average molecular weight is 331 g/mol. The van der Waals surface area contributed by atoms with Crippen LogP contribution in [-0.2, 0) is 26.9 Å². The standard InChI is InChI=1S/C18H21NO3S/c1-2-15-7-6-8-16(11-15)14-23(20,21)19(12-18-13-22-18)17-9-4-3-5-10-17/h3-11,18H,2,12-14H2,1H3. The Morgan fingerprint density at radius 3 is 2.43 bits per heavy atom. The molecule has 5 heteroatoms. The van der Waals surface area contributed by atoms with Crippen LogP contribution in [-0.4, -0.2) is 27.7 Å². The number of sulfonamides is 1. The fourth-order valence-corrected chi connectivity index (χ4v) is 4.15. The molecular formula is C18H21NO3S. The Kier molecular flexibility index (Phi) is 4.68. The highest BCUT2D eigenvalue weighted by atomic mass is 32.2. The Morgan fingerprint density at radius 1 is 1.09 bits per heavy atom. The zero-order chi connectivity index (χ0) is 16.3. The maximum absolute atomic E-state index is 12.9. The summed E-state index contributed by atoms with van der Waals surface area (Å²) in [5.74, 6) is 0.00243. The van der Waals surface area contributed by atoms with E-state index in [4.69, 9.17) is 4.74 Å². The Balaban J connectivity index is 1.87. The van der Waals surface area contributed by atoms with Gasteiger partial charge in [0.15, 0.2) is 0 Å². The minimum absolute atomic E-state index is 0.00243. The molecule has 2 aromatic carbocycles. The number of hydrogen-bond acceptors (Lipinski definition) is 3. The summed E-state index contributed by atoms with van der Waals surface area (Å²) < 4.78 is 32.6. The molecule has 1 aliphatic rings. The lowest BCUT2D eigenvalue weighted by molar-refractivity contribution is 0.412. The molecular weight excluding hydrogens is 310 g/mol. The quantitative estimate of drug-likeness (QED) is 0.733. The van der Waals surface area contributed by atoms with E-state index >= 15 is 0 Å². The van der Waals surface area contributed by atoms with Crippen LogP contribution < -0.4 is 4.31 Å². The van der Waals surface area contributed by atoms with E-state index in [0.717, 1.165) is 17.5 Å². The molecule has 0 spiro atoms. The van der Waals surface area contributed by atoms with Crippen molar-refractivity contribution in [2.45, 2.75) is 25.2 Å². The molecule has 0 aliphatic carbocycles. The van der Waals surface area contributed by atoms with E-state index in [2.05, 4.69) is 6.92 Å². The fraction of sp³-hybridized carbons (Fsp3) is 0.333. The van der Waals surface area contributed by atoms with Crippen LogP contribution in [0.5, 0.6) is 0 Å². The van der Waals surface area contributed by atoms with Gasteiger partial charge in [0.05, 0.1) is 30.7 Å². The van der Waals surface area contributed by atoms with Crippen LogP contribution >= 0.6 is 0 Å². The maximum atomic E-state index is 12.9. The maximum Gasteiger partial charge on any atom is 0.239 e. The zero-order valence-electron chi connectivity index (χ0n) is 13.2. The molecule has 4 nitrogen and oxygen atoms in total. The second kappa shape index (κ2) is 6.72. The van der Waals surface area contributed by atoms with Crippen molar-refractivity contribution in [3.63, 3.8) is 0 Å². The summed E-state index contributed by atoms with van der Waals surface area (Å²) >= 11 is 0. The van der Waals surface area contributed by atoms with Gasteiger partial charge in [-0.15, -0.1) is 0 Å². The van der Waals surface area contributed by atoms with Crippen molar-refractivity contribution in [3.05, 3.63) is 65.7 Å². The molecule has 1 saturated heterocycles. The molecule has 1 atom stereocenters. The van der Waals surface area contributed by atoms with E-state index in [-0.39, 0.29) is 11.9 Å². The predicted molar refractivity (Wildman–Crippen MR) is 92.0 cm³/mol. The first-order valence-corrected chi connectivity index (χ1v) is 9.44. The normalized spacial score (nSPS) is 17.0. The van der Waals surface area contributed by atoms with E-state index in [1.165, 1.54) is 4.31 Å². The predicted octanol–water partition coefficient (Wildman–Crippen LogP) is 2.98. The third kappa shape index (κ3) is 4.12. The molecule has 0 amide bonds. The van der Waals surface area contributed by atoms with Crippen molar-refractivity contribution < 1.29 is 13.2 Å². The van der Waals surface area contributed by atoms with Gasteiger partial charge in [-0.3, -0.25) is 4.31 Å². The number of aryl methyl sites for hydroxylation is 1. The van der Waals surface area contributed by atoms with Gasteiger partial charge in [-0.25, -0.2) is 8.42 Å². The molecule has 0 N–H and O–H groups in total. The number of benzene rings is 2. The molecule has 2 aromatic rings. The first-order valence-electron chi connectivity index (χ1n) is 7.83. The third-order valence-electron chi connectivity index (χ3n) is 3.90. The lowest BCUT2D eigenvalue weighted by Crippen LogP contribution is -2.35. The van der Waals surface area contributed by atoms with Crippen molar-refractivity contribution in [2.24, 2.45) is 0 Å². The van der Waals surface area contributed by atoms with Crippen LogP contribution in [0.2, 0.25) is 0 Å². The number of anilines is 1. The lowest BCUT2D eigenvalue weighted by atomic mass is 10.1. The monoisotopic (exact) mass is 331 g/mol. The molecule has 1 unspecified atom stereocenters. The molecule has 3 rings (SSSR count). The summed E-state index contributed by atoms with van der Waals surface area (Å²) in [5, 5.41) is 0. The van der Waals surface area contributed by atoms with Gasteiger partial charge in [-0.05, 0) is 29.7 Å². The molecule has 0 bridgehead atoms. The zero-order valence-corrected chi connectivity index (χ0v) is 14.0. The Bertz CT molecular complexity index is 755. The Hall–Kier alpha value is -1.85. The van der Waals surface area contributed by atoms with E-state index < -0.39 is 10.0 Å². The van der Waals surface area contributed by atoms with Crippen LogP contribution in [0.25, 0.3) is 0 Å². The van der Waals surface area contributed by atoms with Crippen molar-refractivity contribution in [2.75, 3.05) is 17.5 Å². The lowest BCUT2D eigenvalue weighted by Gasteiger charge is -2.24. The van der Waals surface area contributed by atoms with E-state index in [1.54, 1.807) is 0 Å². The van der Waals surface area contributed by atoms with Gasteiger partial charge in [-0.2, -0.15) is 0 Å². The van der Waals surface area contributed by atoms with E-state index in [9.17, 15) is 8.42 Å². The van der Waals surface area contributed by atoms with Gasteiger partial charge >= 0.3 is 0 Å². The van der Waals surface area contributed by atoms with Gasteiger partial charge in [0, 0.05) is 0 Å². The Morgan fingerprint density at radius 2 is 1.78 bits per heavy atom. The van der Waals surface area contributed by atoms with Gasteiger partial charge in [0.25, 0.3) is 0 Å². The Labute approximate surface area is 137 Å². The topological polar surface area (TPSA) is 49.9 Å². The second-order valence-electron chi connectivity index (χ2n) is 5.75. The molecule has 1 heterocycles. The molecule has 122 valence electrons. The summed E-state index contributed by atoms with van der Waals surface area (Å²) in [6.07, 6.45) is 0.901. The number of epoxide rings is 1. The molecule has 1 aliphatic heterocycles. The van der Waals surface area contributed by atoms with Crippen molar-refractivity contribution in [3.8, 4) is 0 Å². The average Bonchev–Trinajstić information content (AvgIpc) is 3.37. The third-order valence-corrected chi connectivity index (χ3v) is 5.63. The number of hydrogen-bond donors (Lipinski definition) is 0. The van der Waals surface area contributed by atoms with E-state index in [0.29, 0.717) is 18.8 Å². The van der Waals surface area contributed by atoms with Crippen molar-refractivity contribution >= 4 is 15.7 Å². The van der Waals surface area contributed by atoms with Gasteiger partial charge in [0.2, 0.25) is 10.0 Å². The van der Waals surface area contributed by atoms with Crippen LogP contribution in [0.15, 0.2) is 54.6 Å². The first-order chi connectivity index (χ1) is 11.1. The summed E-state index contributed by atoms with van der Waals surface area (Å²) in [7, 11) is -3.46. The van der Waals surface area contributed by atoms with Crippen molar-refractivity contribution in [1.82, 2.24) is 0 Å².